The highest BCUT2D eigenvalue weighted by Gasteiger charge is 2.19. The van der Waals surface area contributed by atoms with Gasteiger partial charge in [-0.2, -0.15) is 4.89 Å². The van der Waals surface area contributed by atoms with Gasteiger partial charge in [-0.1, -0.05) is 48.5 Å². The smallest absolute Gasteiger partial charge is 0.201 e. The van der Waals surface area contributed by atoms with Crippen molar-refractivity contribution in [3.63, 3.8) is 0 Å². The predicted molar refractivity (Wildman–Crippen MR) is 102 cm³/mol. The first-order valence-corrected chi connectivity index (χ1v) is 8.86. The minimum Gasteiger partial charge on any atom is -0.508 e. The Hall–Kier alpha value is -3.11. The zero-order valence-electron chi connectivity index (χ0n) is 14.7. The Morgan fingerprint density at radius 1 is 0.963 bits per heavy atom. The van der Waals surface area contributed by atoms with Crippen LogP contribution in [0.5, 0.6) is 11.5 Å². The SMILES string of the molecule is Oc1ccc(C2=CCCc3cc(OOCc4ccccc4)c(F)cc32)cc1. The minimum atomic E-state index is -0.464. The van der Waals surface area contributed by atoms with Crippen LogP contribution < -0.4 is 4.89 Å². The number of rotatable bonds is 5. The van der Waals surface area contributed by atoms with E-state index in [0.717, 1.165) is 40.7 Å². The number of aryl methyl sites for hydroxylation is 1. The summed E-state index contributed by atoms with van der Waals surface area (Å²) in [6.45, 7) is 0.246. The fourth-order valence-corrected chi connectivity index (χ4v) is 3.25. The molecule has 0 saturated heterocycles. The average Bonchev–Trinajstić information content (AvgIpc) is 2.69. The van der Waals surface area contributed by atoms with Gasteiger partial charge in [-0.25, -0.2) is 4.39 Å². The lowest BCUT2D eigenvalue weighted by Gasteiger charge is -2.19. The summed E-state index contributed by atoms with van der Waals surface area (Å²) in [6, 6.07) is 19.7. The molecule has 3 aromatic rings. The summed E-state index contributed by atoms with van der Waals surface area (Å²) in [5.74, 6) is -0.161. The second-order valence-corrected chi connectivity index (χ2v) is 6.47. The van der Waals surface area contributed by atoms with E-state index >= 15 is 0 Å². The van der Waals surface area contributed by atoms with E-state index in [1.54, 1.807) is 18.2 Å². The van der Waals surface area contributed by atoms with Crippen molar-refractivity contribution in [2.24, 2.45) is 0 Å². The average molecular weight is 362 g/mol. The van der Waals surface area contributed by atoms with Crippen LogP contribution in [0.25, 0.3) is 5.57 Å². The van der Waals surface area contributed by atoms with E-state index in [9.17, 15) is 9.50 Å². The topological polar surface area (TPSA) is 38.7 Å². The zero-order valence-corrected chi connectivity index (χ0v) is 14.7. The molecular weight excluding hydrogens is 343 g/mol. The van der Waals surface area contributed by atoms with E-state index in [0.29, 0.717) is 0 Å². The molecule has 0 aromatic heterocycles. The molecule has 3 nitrogen and oxygen atoms in total. The molecule has 136 valence electrons. The first kappa shape index (κ1) is 17.3. The van der Waals surface area contributed by atoms with Gasteiger partial charge in [0.2, 0.25) is 5.75 Å². The number of fused-ring (bicyclic) bond motifs is 1. The van der Waals surface area contributed by atoms with E-state index in [-0.39, 0.29) is 18.1 Å². The fourth-order valence-electron chi connectivity index (χ4n) is 3.25. The second-order valence-electron chi connectivity index (χ2n) is 6.47. The second kappa shape index (κ2) is 7.64. The van der Waals surface area contributed by atoms with Gasteiger partial charge in [-0.15, -0.1) is 0 Å². The molecule has 4 rings (SSSR count). The van der Waals surface area contributed by atoms with Crippen molar-refractivity contribution in [1.29, 1.82) is 0 Å². The Labute approximate surface area is 157 Å². The Morgan fingerprint density at radius 2 is 1.74 bits per heavy atom. The molecule has 3 aromatic carbocycles. The normalized spacial score (nSPS) is 13.0. The molecular formula is C23H19FO3. The third kappa shape index (κ3) is 3.86. The Balaban J connectivity index is 1.54. The molecule has 0 radical (unpaired) electrons. The van der Waals surface area contributed by atoms with Gasteiger partial charge in [0, 0.05) is 0 Å². The van der Waals surface area contributed by atoms with Crippen LogP contribution in [0.1, 0.15) is 28.7 Å². The molecule has 0 heterocycles. The Morgan fingerprint density at radius 3 is 2.52 bits per heavy atom. The minimum absolute atomic E-state index is 0.0941. The molecule has 0 saturated carbocycles. The predicted octanol–water partition coefficient (Wildman–Crippen LogP) is 5.42. The van der Waals surface area contributed by atoms with Crippen LogP contribution in [0.2, 0.25) is 0 Å². The standard InChI is InChI=1S/C23H19FO3/c24-22-14-21-18(7-4-8-20(21)17-9-11-19(25)12-10-17)13-23(22)27-26-15-16-5-2-1-3-6-16/h1-3,5-6,8-14,25H,4,7,15H2. The summed E-state index contributed by atoms with van der Waals surface area (Å²) >= 11 is 0. The number of phenolic OH excluding ortho intramolecular Hbond substituents is 1. The van der Waals surface area contributed by atoms with Crippen molar-refractivity contribution in [1.82, 2.24) is 0 Å². The first-order valence-electron chi connectivity index (χ1n) is 8.86. The molecule has 0 unspecified atom stereocenters. The largest absolute Gasteiger partial charge is 0.508 e. The first-order chi connectivity index (χ1) is 13.2. The maximum absolute atomic E-state index is 14.6. The monoisotopic (exact) mass is 362 g/mol. The lowest BCUT2D eigenvalue weighted by atomic mass is 9.86. The van der Waals surface area contributed by atoms with Crippen LogP contribution >= 0.6 is 0 Å². The number of halogens is 1. The number of aromatic hydroxyl groups is 1. The van der Waals surface area contributed by atoms with Crippen molar-refractivity contribution in [3.05, 3.63) is 101 Å². The molecule has 0 atom stereocenters. The van der Waals surface area contributed by atoms with Crippen LogP contribution in [0.3, 0.4) is 0 Å². The van der Waals surface area contributed by atoms with Gasteiger partial charge >= 0.3 is 0 Å². The summed E-state index contributed by atoms with van der Waals surface area (Å²) in [7, 11) is 0. The lowest BCUT2D eigenvalue weighted by molar-refractivity contribution is -0.219. The maximum atomic E-state index is 14.6. The van der Waals surface area contributed by atoms with E-state index < -0.39 is 5.82 Å². The van der Waals surface area contributed by atoms with Crippen LogP contribution in [-0.4, -0.2) is 5.11 Å². The summed E-state index contributed by atoms with van der Waals surface area (Å²) in [4.78, 5) is 10.5. The molecule has 1 aliphatic rings. The highest BCUT2D eigenvalue weighted by molar-refractivity contribution is 5.83. The molecule has 1 N–H and O–H groups in total. The number of allylic oxidation sites excluding steroid dienone is 1. The molecule has 0 amide bonds. The summed E-state index contributed by atoms with van der Waals surface area (Å²) < 4.78 is 14.6. The third-order valence-corrected chi connectivity index (χ3v) is 4.61. The quantitative estimate of drug-likeness (QED) is 0.486. The maximum Gasteiger partial charge on any atom is 0.201 e. The van der Waals surface area contributed by atoms with Gasteiger partial charge in [0.1, 0.15) is 12.4 Å². The van der Waals surface area contributed by atoms with Gasteiger partial charge in [0.15, 0.2) is 5.82 Å². The van der Waals surface area contributed by atoms with Crippen LogP contribution in [0.4, 0.5) is 4.39 Å². The van der Waals surface area contributed by atoms with Gasteiger partial charge in [-0.3, -0.25) is 0 Å². The summed E-state index contributed by atoms with van der Waals surface area (Å²) in [5.41, 5.74) is 4.72. The molecule has 0 bridgehead atoms. The molecule has 4 heteroatoms. The van der Waals surface area contributed by atoms with E-state index in [4.69, 9.17) is 9.78 Å². The lowest BCUT2D eigenvalue weighted by Crippen LogP contribution is -2.05. The van der Waals surface area contributed by atoms with Crippen molar-refractivity contribution in [3.8, 4) is 11.5 Å². The van der Waals surface area contributed by atoms with Gasteiger partial charge < -0.3 is 9.99 Å². The van der Waals surface area contributed by atoms with E-state index in [1.807, 2.05) is 42.5 Å². The number of benzene rings is 3. The van der Waals surface area contributed by atoms with Gasteiger partial charge in [0.05, 0.1) is 0 Å². The summed E-state index contributed by atoms with van der Waals surface area (Å²) in [5, 5.41) is 9.49. The molecule has 0 aliphatic heterocycles. The Kier molecular flexibility index (Phi) is 4.90. The number of hydrogen-bond acceptors (Lipinski definition) is 3. The van der Waals surface area contributed by atoms with Crippen molar-refractivity contribution < 1.29 is 19.3 Å². The molecule has 1 aliphatic carbocycles. The van der Waals surface area contributed by atoms with Crippen molar-refractivity contribution in [2.75, 3.05) is 0 Å². The molecule has 0 fully saturated rings. The van der Waals surface area contributed by atoms with Gasteiger partial charge in [-0.05, 0) is 64.9 Å². The Bertz CT molecular complexity index is 963. The molecule has 0 spiro atoms. The van der Waals surface area contributed by atoms with E-state index in [1.165, 1.54) is 6.07 Å². The number of hydrogen-bond donors (Lipinski definition) is 1. The van der Waals surface area contributed by atoms with Crippen molar-refractivity contribution in [2.45, 2.75) is 19.4 Å². The third-order valence-electron chi connectivity index (χ3n) is 4.61. The van der Waals surface area contributed by atoms with Crippen molar-refractivity contribution >= 4 is 5.57 Å². The number of phenols is 1. The van der Waals surface area contributed by atoms with Crippen LogP contribution in [0, 0.1) is 5.82 Å². The van der Waals surface area contributed by atoms with Crippen LogP contribution in [0.15, 0.2) is 72.8 Å². The zero-order chi connectivity index (χ0) is 18.6. The summed E-state index contributed by atoms with van der Waals surface area (Å²) in [6.07, 6.45) is 3.77. The van der Waals surface area contributed by atoms with Crippen LogP contribution in [-0.2, 0) is 17.9 Å². The fraction of sp³-hybridized carbons (Fsp3) is 0.130. The highest BCUT2D eigenvalue weighted by atomic mass is 19.1. The highest BCUT2D eigenvalue weighted by Crippen LogP contribution is 2.35. The van der Waals surface area contributed by atoms with Gasteiger partial charge in [0.25, 0.3) is 0 Å². The molecule has 27 heavy (non-hydrogen) atoms. The van der Waals surface area contributed by atoms with E-state index in [2.05, 4.69) is 6.08 Å².